The Hall–Kier alpha value is -3.05. The molecule has 4 rings (SSSR count). The maximum absolute atomic E-state index is 11.0. The summed E-state index contributed by atoms with van der Waals surface area (Å²) in [7, 11) is 1.70. The number of aliphatic carboxylic acids is 1. The highest BCUT2D eigenvalue weighted by molar-refractivity contribution is 5.87. The maximum atomic E-state index is 11.0. The number of ether oxygens (including phenoxy) is 2. The fourth-order valence-corrected chi connectivity index (χ4v) is 4.38. The summed E-state index contributed by atoms with van der Waals surface area (Å²) in [5.41, 5.74) is 4.79. The number of methoxy groups -OCH3 is 1. The second kappa shape index (κ2) is 9.61. The van der Waals surface area contributed by atoms with E-state index in [0.29, 0.717) is 19.7 Å². The SMILES string of the molecule is CCCc1ccc(COc2ccc3c(C)c(CN4CC(C(=O)O)C4)ccc3c2)c(OC)c1. The summed E-state index contributed by atoms with van der Waals surface area (Å²) in [5.74, 6) is 0.778. The zero-order chi connectivity index (χ0) is 22.7. The molecule has 168 valence electrons. The van der Waals surface area contributed by atoms with Gasteiger partial charge in [0.05, 0.1) is 13.0 Å². The second-order valence-electron chi connectivity index (χ2n) is 8.65. The Morgan fingerprint density at radius 2 is 1.88 bits per heavy atom. The first-order valence-electron chi connectivity index (χ1n) is 11.2. The quantitative estimate of drug-likeness (QED) is 0.502. The van der Waals surface area contributed by atoms with Crippen LogP contribution in [0.5, 0.6) is 11.5 Å². The Kier molecular flexibility index (Phi) is 6.66. The van der Waals surface area contributed by atoms with Gasteiger partial charge in [-0.3, -0.25) is 9.69 Å². The van der Waals surface area contributed by atoms with Crippen molar-refractivity contribution in [2.24, 2.45) is 5.92 Å². The molecule has 5 heteroatoms. The molecule has 0 saturated carbocycles. The van der Waals surface area contributed by atoms with Gasteiger partial charge in [0.1, 0.15) is 18.1 Å². The van der Waals surface area contributed by atoms with E-state index in [1.54, 1.807) is 7.11 Å². The molecule has 0 aromatic heterocycles. The van der Waals surface area contributed by atoms with Gasteiger partial charge < -0.3 is 14.6 Å². The highest BCUT2D eigenvalue weighted by Crippen LogP contribution is 2.29. The van der Waals surface area contributed by atoms with Crippen LogP contribution in [0.1, 0.15) is 35.6 Å². The van der Waals surface area contributed by atoms with Gasteiger partial charge in [-0.1, -0.05) is 43.7 Å². The number of rotatable bonds is 9. The number of hydrogen-bond donors (Lipinski definition) is 1. The van der Waals surface area contributed by atoms with Gasteiger partial charge in [0.2, 0.25) is 0 Å². The fourth-order valence-electron chi connectivity index (χ4n) is 4.38. The van der Waals surface area contributed by atoms with Gasteiger partial charge in [-0.05, 0) is 59.0 Å². The molecule has 1 N–H and O–H groups in total. The Labute approximate surface area is 189 Å². The third-order valence-corrected chi connectivity index (χ3v) is 6.36. The topological polar surface area (TPSA) is 59.0 Å². The van der Waals surface area contributed by atoms with Crippen molar-refractivity contribution in [1.29, 1.82) is 0 Å². The molecule has 1 aliphatic rings. The summed E-state index contributed by atoms with van der Waals surface area (Å²) >= 11 is 0. The predicted octanol–water partition coefficient (Wildman–Crippen LogP) is 5.20. The van der Waals surface area contributed by atoms with E-state index in [0.717, 1.165) is 41.8 Å². The number of carboxylic acids is 1. The normalized spacial score (nSPS) is 14.3. The van der Waals surface area contributed by atoms with Crippen LogP contribution in [0, 0.1) is 12.8 Å². The van der Waals surface area contributed by atoms with E-state index in [-0.39, 0.29) is 5.92 Å². The van der Waals surface area contributed by atoms with Gasteiger partial charge in [-0.25, -0.2) is 0 Å². The minimum Gasteiger partial charge on any atom is -0.496 e. The number of benzene rings is 3. The third kappa shape index (κ3) is 4.73. The molecule has 0 spiro atoms. The van der Waals surface area contributed by atoms with Gasteiger partial charge in [0, 0.05) is 25.2 Å². The second-order valence-corrected chi connectivity index (χ2v) is 8.65. The Bertz CT molecular complexity index is 1120. The van der Waals surface area contributed by atoms with Crippen LogP contribution in [-0.2, 0) is 24.4 Å². The molecule has 0 radical (unpaired) electrons. The lowest BCUT2D eigenvalue weighted by Gasteiger charge is -2.37. The summed E-state index contributed by atoms with van der Waals surface area (Å²) in [6.07, 6.45) is 2.15. The van der Waals surface area contributed by atoms with Crippen molar-refractivity contribution in [3.8, 4) is 11.5 Å². The molecule has 3 aromatic rings. The molecule has 0 aliphatic carbocycles. The highest BCUT2D eigenvalue weighted by Gasteiger charge is 2.32. The highest BCUT2D eigenvalue weighted by atomic mass is 16.5. The fraction of sp³-hybridized carbons (Fsp3) is 0.370. The van der Waals surface area contributed by atoms with Crippen LogP contribution in [-0.4, -0.2) is 36.2 Å². The minimum absolute atomic E-state index is 0.225. The van der Waals surface area contributed by atoms with Crippen molar-refractivity contribution < 1.29 is 19.4 Å². The van der Waals surface area contributed by atoms with E-state index in [1.807, 2.05) is 6.07 Å². The van der Waals surface area contributed by atoms with Gasteiger partial charge in [-0.15, -0.1) is 0 Å². The minimum atomic E-state index is -0.696. The van der Waals surface area contributed by atoms with Crippen molar-refractivity contribution in [2.75, 3.05) is 20.2 Å². The van der Waals surface area contributed by atoms with Crippen molar-refractivity contribution >= 4 is 16.7 Å². The smallest absolute Gasteiger partial charge is 0.309 e. The lowest BCUT2D eigenvalue weighted by Crippen LogP contribution is -2.49. The first-order chi connectivity index (χ1) is 15.5. The number of aryl methyl sites for hydroxylation is 2. The van der Waals surface area contributed by atoms with E-state index in [4.69, 9.17) is 14.6 Å². The number of nitrogens with zero attached hydrogens (tertiary/aromatic N) is 1. The summed E-state index contributed by atoms with van der Waals surface area (Å²) in [4.78, 5) is 13.2. The molecule has 3 aromatic carbocycles. The van der Waals surface area contributed by atoms with Gasteiger partial charge >= 0.3 is 5.97 Å². The van der Waals surface area contributed by atoms with E-state index < -0.39 is 5.97 Å². The summed E-state index contributed by atoms with van der Waals surface area (Å²) < 4.78 is 11.7. The van der Waals surface area contributed by atoms with Crippen LogP contribution in [0.25, 0.3) is 10.8 Å². The first kappa shape index (κ1) is 22.2. The molecule has 1 fully saturated rings. The van der Waals surface area contributed by atoms with E-state index in [9.17, 15) is 4.79 Å². The van der Waals surface area contributed by atoms with Crippen LogP contribution in [0.15, 0.2) is 48.5 Å². The van der Waals surface area contributed by atoms with Crippen LogP contribution in [0.3, 0.4) is 0 Å². The zero-order valence-corrected chi connectivity index (χ0v) is 19.1. The molecule has 0 unspecified atom stereocenters. The van der Waals surface area contributed by atoms with Crippen LogP contribution in [0.2, 0.25) is 0 Å². The lowest BCUT2D eigenvalue weighted by atomic mass is 9.96. The number of fused-ring (bicyclic) bond motifs is 1. The maximum Gasteiger partial charge on any atom is 0.309 e. The zero-order valence-electron chi connectivity index (χ0n) is 19.1. The summed E-state index contributed by atoms with van der Waals surface area (Å²) in [6.45, 7) is 6.81. The molecular weight excluding hydrogens is 402 g/mol. The molecule has 1 aliphatic heterocycles. The molecule has 0 bridgehead atoms. The lowest BCUT2D eigenvalue weighted by molar-refractivity contribution is -0.147. The number of carboxylic acid groups (broad SMARTS) is 1. The average molecular weight is 434 g/mol. The molecule has 1 heterocycles. The van der Waals surface area contributed by atoms with Gasteiger partial charge in [0.25, 0.3) is 0 Å². The van der Waals surface area contributed by atoms with Crippen LogP contribution < -0.4 is 9.47 Å². The summed E-state index contributed by atoms with van der Waals surface area (Å²) in [6, 6.07) is 16.8. The van der Waals surface area contributed by atoms with Gasteiger partial charge in [0.15, 0.2) is 0 Å². The molecule has 5 nitrogen and oxygen atoms in total. The van der Waals surface area contributed by atoms with Gasteiger partial charge in [-0.2, -0.15) is 0 Å². The molecule has 0 atom stereocenters. The van der Waals surface area contributed by atoms with E-state index in [1.165, 1.54) is 22.1 Å². The van der Waals surface area contributed by atoms with Crippen molar-refractivity contribution in [1.82, 2.24) is 4.90 Å². The van der Waals surface area contributed by atoms with Crippen molar-refractivity contribution in [2.45, 2.75) is 39.8 Å². The Balaban J connectivity index is 1.44. The van der Waals surface area contributed by atoms with Crippen molar-refractivity contribution in [3.63, 3.8) is 0 Å². The largest absolute Gasteiger partial charge is 0.496 e. The number of carbonyl (C=O) groups is 1. The molecule has 1 saturated heterocycles. The Morgan fingerprint density at radius 3 is 2.59 bits per heavy atom. The Morgan fingerprint density at radius 1 is 1.09 bits per heavy atom. The molecule has 32 heavy (non-hydrogen) atoms. The summed E-state index contributed by atoms with van der Waals surface area (Å²) in [5, 5.41) is 11.4. The van der Waals surface area contributed by atoms with Crippen LogP contribution >= 0.6 is 0 Å². The average Bonchev–Trinajstić information content (AvgIpc) is 2.76. The molecule has 0 amide bonds. The van der Waals surface area contributed by atoms with E-state index >= 15 is 0 Å². The third-order valence-electron chi connectivity index (χ3n) is 6.36. The predicted molar refractivity (Wildman–Crippen MR) is 126 cm³/mol. The van der Waals surface area contributed by atoms with Crippen LogP contribution in [0.4, 0.5) is 0 Å². The monoisotopic (exact) mass is 433 g/mol. The standard InChI is InChI=1S/C27H31NO4/c1-4-5-19-6-7-22(26(12-19)31-3)17-32-24-10-11-25-18(2)21(9-8-20(25)13-24)14-28-15-23(16-28)27(29)30/h6-13,23H,4-5,14-17H2,1-3H3,(H,29,30). The first-order valence-corrected chi connectivity index (χ1v) is 11.2. The van der Waals surface area contributed by atoms with Crippen molar-refractivity contribution in [3.05, 3.63) is 70.8 Å². The number of likely N-dealkylation sites (tertiary alicyclic amines) is 1. The molecular formula is C27H31NO4. The number of hydrogen-bond acceptors (Lipinski definition) is 4. The van der Waals surface area contributed by atoms with E-state index in [2.05, 4.69) is 61.2 Å².